The van der Waals surface area contributed by atoms with Crippen molar-refractivity contribution in [1.29, 1.82) is 0 Å². The van der Waals surface area contributed by atoms with Gasteiger partial charge < -0.3 is 5.32 Å². The van der Waals surface area contributed by atoms with E-state index in [2.05, 4.69) is 15.3 Å². The predicted molar refractivity (Wildman–Crippen MR) is 74.2 cm³/mol. The van der Waals surface area contributed by atoms with Gasteiger partial charge in [-0.2, -0.15) is 0 Å². The number of halogens is 1. The van der Waals surface area contributed by atoms with Crippen LogP contribution < -0.4 is 5.32 Å². The molecule has 2 unspecified atom stereocenters. The van der Waals surface area contributed by atoms with Crippen molar-refractivity contribution in [1.82, 2.24) is 9.97 Å². The average Bonchev–Trinajstić information content (AvgIpc) is 2.77. The lowest BCUT2D eigenvalue weighted by molar-refractivity contribution is 0.623. The smallest absolute Gasteiger partial charge is 0.133 e. The van der Waals surface area contributed by atoms with Crippen molar-refractivity contribution in [2.45, 2.75) is 62.8 Å². The first-order chi connectivity index (χ1) is 8.84. The van der Waals surface area contributed by atoms with E-state index in [0.29, 0.717) is 6.04 Å². The zero-order valence-corrected chi connectivity index (χ0v) is 11.4. The highest BCUT2D eigenvalue weighted by Gasteiger charge is 2.24. The second kappa shape index (κ2) is 5.43. The van der Waals surface area contributed by atoms with Gasteiger partial charge in [0.15, 0.2) is 0 Å². The van der Waals surface area contributed by atoms with Gasteiger partial charge in [0.1, 0.15) is 12.1 Å². The molecule has 3 nitrogen and oxygen atoms in total. The Bertz CT molecular complexity index is 422. The van der Waals surface area contributed by atoms with Crippen molar-refractivity contribution >= 4 is 17.4 Å². The number of rotatable bonds is 2. The van der Waals surface area contributed by atoms with Crippen LogP contribution in [0.4, 0.5) is 5.82 Å². The monoisotopic (exact) mass is 265 g/mol. The Balaban J connectivity index is 1.77. The molecule has 98 valence electrons. The van der Waals surface area contributed by atoms with E-state index in [1.54, 1.807) is 6.33 Å². The summed E-state index contributed by atoms with van der Waals surface area (Å²) in [5.41, 5.74) is 2.55. The summed E-state index contributed by atoms with van der Waals surface area (Å²) in [5.74, 6) is 1.04. The molecule has 0 aliphatic heterocycles. The summed E-state index contributed by atoms with van der Waals surface area (Å²) in [7, 11) is 0. The van der Waals surface area contributed by atoms with E-state index in [1.165, 1.54) is 36.9 Å². The first-order valence-corrected chi connectivity index (χ1v) is 7.51. The van der Waals surface area contributed by atoms with E-state index < -0.39 is 0 Å². The quantitative estimate of drug-likeness (QED) is 0.659. The molecule has 0 spiro atoms. The Morgan fingerprint density at radius 3 is 2.89 bits per heavy atom. The number of nitrogens with one attached hydrogen (secondary N) is 1. The highest BCUT2D eigenvalue weighted by atomic mass is 35.5. The molecule has 1 N–H and O–H groups in total. The summed E-state index contributed by atoms with van der Waals surface area (Å²) in [6, 6.07) is 0.369. The maximum Gasteiger partial charge on any atom is 0.133 e. The van der Waals surface area contributed by atoms with Gasteiger partial charge in [0, 0.05) is 17.3 Å². The van der Waals surface area contributed by atoms with Crippen molar-refractivity contribution < 1.29 is 0 Å². The van der Waals surface area contributed by atoms with Gasteiger partial charge in [-0.3, -0.25) is 0 Å². The molecular weight excluding hydrogens is 246 g/mol. The van der Waals surface area contributed by atoms with Crippen LogP contribution in [0.1, 0.15) is 49.8 Å². The summed E-state index contributed by atoms with van der Waals surface area (Å²) >= 11 is 6.48. The molecule has 4 heteroatoms. The number of hydrogen-bond acceptors (Lipinski definition) is 3. The molecule has 1 saturated carbocycles. The zero-order chi connectivity index (χ0) is 12.4. The highest BCUT2D eigenvalue weighted by Crippen LogP contribution is 2.29. The van der Waals surface area contributed by atoms with Crippen LogP contribution in [0.5, 0.6) is 0 Å². The molecule has 2 atom stereocenters. The van der Waals surface area contributed by atoms with Crippen LogP contribution in [0.3, 0.4) is 0 Å². The summed E-state index contributed by atoms with van der Waals surface area (Å²) in [5, 5.41) is 3.82. The van der Waals surface area contributed by atoms with Crippen molar-refractivity contribution in [2.75, 3.05) is 5.32 Å². The van der Waals surface area contributed by atoms with Crippen molar-refractivity contribution in [3.05, 3.63) is 17.6 Å². The molecule has 1 aromatic heterocycles. The maximum atomic E-state index is 6.48. The fourth-order valence-electron chi connectivity index (χ4n) is 3.08. The average molecular weight is 266 g/mol. The van der Waals surface area contributed by atoms with Crippen LogP contribution in [0.2, 0.25) is 0 Å². The Labute approximate surface area is 113 Å². The first-order valence-electron chi connectivity index (χ1n) is 7.08. The predicted octanol–water partition coefficient (Wildman–Crippen LogP) is 3.32. The van der Waals surface area contributed by atoms with Gasteiger partial charge in [0.2, 0.25) is 0 Å². The Morgan fingerprint density at radius 2 is 1.94 bits per heavy atom. The number of alkyl halides is 1. The maximum absolute atomic E-state index is 6.48. The number of aromatic nitrogens is 2. The van der Waals surface area contributed by atoms with Gasteiger partial charge in [-0.15, -0.1) is 11.6 Å². The molecule has 1 fully saturated rings. The Hall–Kier alpha value is -0.830. The second-order valence-electron chi connectivity index (χ2n) is 5.41. The molecule has 2 aliphatic carbocycles. The third-order valence-electron chi connectivity index (χ3n) is 4.13. The minimum absolute atomic E-state index is 0.236. The number of aryl methyl sites for hydroxylation is 1. The number of fused-ring (bicyclic) bond motifs is 1. The third kappa shape index (κ3) is 2.46. The van der Waals surface area contributed by atoms with E-state index >= 15 is 0 Å². The number of hydrogen-bond donors (Lipinski definition) is 1. The fraction of sp³-hybridized carbons (Fsp3) is 0.714. The van der Waals surface area contributed by atoms with Crippen LogP contribution in [0.25, 0.3) is 0 Å². The SMILES string of the molecule is ClC1CCCCCC1Nc1ncnc2c1CCC2. The zero-order valence-electron chi connectivity index (χ0n) is 10.7. The molecule has 0 radical (unpaired) electrons. The normalized spacial score (nSPS) is 27.6. The van der Waals surface area contributed by atoms with Gasteiger partial charge in [-0.25, -0.2) is 9.97 Å². The number of nitrogens with zero attached hydrogens (tertiary/aromatic N) is 2. The lowest BCUT2D eigenvalue weighted by Gasteiger charge is -2.22. The minimum Gasteiger partial charge on any atom is -0.366 e. The highest BCUT2D eigenvalue weighted by molar-refractivity contribution is 6.21. The molecule has 3 rings (SSSR count). The summed E-state index contributed by atoms with van der Waals surface area (Å²) in [4.78, 5) is 8.80. The van der Waals surface area contributed by atoms with E-state index in [0.717, 1.165) is 31.5 Å². The van der Waals surface area contributed by atoms with Crippen LogP contribution in [-0.4, -0.2) is 21.4 Å². The lowest BCUT2D eigenvalue weighted by atomic mass is 10.1. The second-order valence-corrected chi connectivity index (χ2v) is 5.97. The van der Waals surface area contributed by atoms with E-state index in [9.17, 15) is 0 Å². The topological polar surface area (TPSA) is 37.8 Å². The summed E-state index contributed by atoms with van der Waals surface area (Å²) in [6.45, 7) is 0. The third-order valence-corrected chi connectivity index (χ3v) is 4.65. The van der Waals surface area contributed by atoms with Gasteiger partial charge in [0.05, 0.1) is 5.38 Å². The molecule has 0 aromatic carbocycles. The van der Waals surface area contributed by atoms with Gasteiger partial charge >= 0.3 is 0 Å². The van der Waals surface area contributed by atoms with Crippen molar-refractivity contribution in [3.63, 3.8) is 0 Å². The number of anilines is 1. The molecule has 2 aliphatic rings. The van der Waals surface area contributed by atoms with Crippen LogP contribution in [0, 0.1) is 0 Å². The Morgan fingerprint density at radius 1 is 1.06 bits per heavy atom. The molecule has 1 heterocycles. The van der Waals surface area contributed by atoms with Gasteiger partial charge in [-0.1, -0.05) is 19.3 Å². The van der Waals surface area contributed by atoms with E-state index in [1.807, 2.05) is 0 Å². The fourth-order valence-corrected chi connectivity index (χ4v) is 3.43. The standard InChI is InChI=1S/C14H20ClN3/c15-11-6-2-1-3-7-13(11)18-14-10-5-4-8-12(10)16-9-17-14/h9,11,13H,1-8H2,(H,16,17,18). The van der Waals surface area contributed by atoms with E-state index in [4.69, 9.17) is 11.6 Å². The van der Waals surface area contributed by atoms with Crippen molar-refractivity contribution in [3.8, 4) is 0 Å². The lowest BCUT2D eigenvalue weighted by Crippen LogP contribution is -2.29. The molecule has 0 amide bonds. The van der Waals surface area contributed by atoms with E-state index in [-0.39, 0.29) is 5.38 Å². The molecular formula is C14H20ClN3. The minimum atomic E-state index is 0.236. The van der Waals surface area contributed by atoms with Gasteiger partial charge in [0.25, 0.3) is 0 Å². The van der Waals surface area contributed by atoms with Gasteiger partial charge in [-0.05, 0) is 32.1 Å². The largest absolute Gasteiger partial charge is 0.366 e. The molecule has 0 saturated heterocycles. The summed E-state index contributed by atoms with van der Waals surface area (Å²) in [6.07, 6.45) is 11.2. The molecule has 0 bridgehead atoms. The molecule has 1 aromatic rings. The van der Waals surface area contributed by atoms with Crippen LogP contribution >= 0.6 is 11.6 Å². The Kier molecular flexibility index (Phi) is 3.69. The molecule has 18 heavy (non-hydrogen) atoms. The van der Waals surface area contributed by atoms with Crippen LogP contribution in [-0.2, 0) is 12.8 Å². The van der Waals surface area contributed by atoms with Crippen LogP contribution in [0.15, 0.2) is 6.33 Å². The van der Waals surface area contributed by atoms with Crippen molar-refractivity contribution in [2.24, 2.45) is 0 Å². The first kappa shape index (κ1) is 12.2. The summed E-state index contributed by atoms with van der Waals surface area (Å²) < 4.78 is 0.